The lowest BCUT2D eigenvalue weighted by atomic mass is 9.66. The first-order valence-corrected chi connectivity index (χ1v) is 10.2. The Morgan fingerprint density at radius 2 is 1.40 bits per heavy atom. The van der Waals surface area contributed by atoms with Gasteiger partial charge < -0.3 is 10.5 Å². The van der Waals surface area contributed by atoms with Gasteiger partial charge in [-0.3, -0.25) is 4.79 Å². The molecule has 3 aliphatic rings. The van der Waals surface area contributed by atoms with E-state index in [2.05, 4.69) is 24.3 Å². The zero-order chi connectivity index (χ0) is 17.2. The van der Waals surface area contributed by atoms with Crippen LogP contribution in [-0.2, 0) is 16.1 Å². The first kappa shape index (κ1) is 17.1. The maximum absolute atomic E-state index is 11.5. The first-order chi connectivity index (χ1) is 12.2. The molecular formula is C22H31NO2. The van der Waals surface area contributed by atoms with E-state index in [9.17, 15) is 4.79 Å². The number of esters is 1. The minimum Gasteiger partial charge on any atom is -0.464 e. The van der Waals surface area contributed by atoms with E-state index >= 15 is 0 Å². The Labute approximate surface area is 151 Å². The van der Waals surface area contributed by atoms with Crippen LogP contribution in [0, 0.1) is 23.7 Å². The lowest BCUT2D eigenvalue weighted by Crippen LogP contribution is -2.42. The maximum atomic E-state index is 11.5. The highest BCUT2D eigenvalue weighted by Gasteiger charge is 2.40. The summed E-state index contributed by atoms with van der Waals surface area (Å²) in [6.07, 6.45) is 10.6. The van der Waals surface area contributed by atoms with Crippen molar-refractivity contribution >= 4 is 5.97 Å². The van der Waals surface area contributed by atoms with Crippen LogP contribution in [0.5, 0.6) is 0 Å². The van der Waals surface area contributed by atoms with Gasteiger partial charge in [-0.15, -0.1) is 0 Å². The van der Waals surface area contributed by atoms with E-state index < -0.39 is 0 Å². The number of carbonyl (C=O) groups excluding carboxylic acids is 1. The molecule has 2 saturated carbocycles. The molecule has 136 valence electrons. The van der Waals surface area contributed by atoms with Crippen molar-refractivity contribution in [2.45, 2.75) is 63.8 Å². The molecule has 4 rings (SSSR count). The molecule has 1 atom stereocenters. The molecule has 0 radical (unpaired) electrons. The number of cyclic esters (lactones) is 1. The van der Waals surface area contributed by atoms with Crippen LogP contribution in [-0.4, -0.2) is 12.6 Å². The summed E-state index contributed by atoms with van der Waals surface area (Å²) in [6.45, 7) is 1.32. The van der Waals surface area contributed by atoms with E-state index in [1.165, 1.54) is 62.5 Å². The fourth-order valence-corrected chi connectivity index (χ4v) is 5.44. The number of hydrogen-bond acceptors (Lipinski definition) is 3. The van der Waals surface area contributed by atoms with E-state index in [1.54, 1.807) is 0 Å². The van der Waals surface area contributed by atoms with Crippen molar-refractivity contribution in [2.75, 3.05) is 6.61 Å². The van der Waals surface area contributed by atoms with E-state index in [-0.39, 0.29) is 11.9 Å². The molecule has 25 heavy (non-hydrogen) atoms. The molecule has 1 heterocycles. The van der Waals surface area contributed by atoms with Gasteiger partial charge in [0, 0.05) is 6.54 Å². The SMILES string of the molecule is NCc1ccc(C2CCC(C3CCC(C4COC4=O)CC3)CC2)cc1. The molecule has 0 aromatic heterocycles. The van der Waals surface area contributed by atoms with Gasteiger partial charge in [0.05, 0.1) is 5.92 Å². The zero-order valence-corrected chi connectivity index (χ0v) is 15.2. The molecular weight excluding hydrogens is 310 g/mol. The average molecular weight is 341 g/mol. The fraction of sp³-hybridized carbons (Fsp3) is 0.682. The van der Waals surface area contributed by atoms with Crippen molar-refractivity contribution in [3.63, 3.8) is 0 Å². The lowest BCUT2D eigenvalue weighted by molar-refractivity contribution is -0.174. The first-order valence-electron chi connectivity index (χ1n) is 10.2. The summed E-state index contributed by atoms with van der Waals surface area (Å²) in [5.74, 6) is 3.44. The van der Waals surface area contributed by atoms with Gasteiger partial charge in [0.15, 0.2) is 0 Å². The fourth-order valence-electron chi connectivity index (χ4n) is 5.44. The van der Waals surface area contributed by atoms with E-state index in [0.29, 0.717) is 19.1 Å². The molecule has 2 aliphatic carbocycles. The maximum Gasteiger partial charge on any atom is 0.312 e. The monoisotopic (exact) mass is 341 g/mol. The van der Waals surface area contributed by atoms with Crippen molar-refractivity contribution < 1.29 is 9.53 Å². The van der Waals surface area contributed by atoms with Crippen LogP contribution in [0.3, 0.4) is 0 Å². The third-order valence-electron chi connectivity index (χ3n) is 7.22. The molecule has 1 saturated heterocycles. The molecule has 1 aromatic carbocycles. The van der Waals surface area contributed by atoms with Crippen molar-refractivity contribution in [2.24, 2.45) is 29.4 Å². The molecule has 0 spiro atoms. The summed E-state index contributed by atoms with van der Waals surface area (Å²) in [4.78, 5) is 11.5. The summed E-state index contributed by atoms with van der Waals surface area (Å²) in [5.41, 5.74) is 8.43. The Kier molecular flexibility index (Phi) is 5.12. The standard InChI is InChI=1S/C22H31NO2/c23-13-15-1-3-16(4-2-15)17-5-7-18(8-6-17)19-9-11-20(12-10-19)21-14-25-22(21)24/h1-4,17-21H,5-14,23H2. The highest BCUT2D eigenvalue weighted by atomic mass is 16.6. The molecule has 3 fully saturated rings. The van der Waals surface area contributed by atoms with E-state index in [1.807, 2.05) is 0 Å². The van der Waals surface area contributed by atoms with Crippen molar-refractivity contribution in [1.82, 2.24) is 0 Å². The lowest BCUT2D eigenvalue weighted by Gasteiger charge is -2.41. The summed E-state index contributed by atoms with van der Waals surface area (Å²) in [6, 6.07) is 8.95. The smallest absolute Gasteiger partial charge is 0.312 e. The third kappa shape index (κ3) is 3.62. The van der Waals surface area contributed by atoms with Gasteiger partial charge in [-0.2, -0.15) is 0 Å². The molecule has 1 unspecified atom stereocenters. The van der Waals surface area contributed by atoms with Gasteiger partial charge in [0.2, 0.25) is 0 Å². The highest BCUT2D eigenvalue weighted by Crippen LogP contribution is 2.45. The Hall–Kier alpha value is -1.35. The predicted molar refractivity (Wildman–Crippen MR) is 98.9 cm³/mol. The van der Waals surface area contributed by atoms with Gasteiger partial charge in [-0.25, -0.2) is 0 Å². The quantitative estimate of drug-likeness (QED) is 0.826. The zero-order valence-electron chi connectivity index (χ0n) is 15.2. The number of benzene rings is 1. The van der Waals surface area contributed by atoms with Crippen molar-refractivity contribution in [1.29, 1.82) is 0 Å². The second kappa shape index (κ2) is 7.49. The second-order valence-electron chi connectivity index (χ2n) is 8.47. The van der Waals surface area contributed by atoms with Crippen molar-refractivity contribution in [3.05, 3.63) is 35.4 Å². The molecule has 3 heteroatoms. The van der Waals surface area contributed by atoms with Crippen molar-refractivity contribution in [3.8, 4) is 0 Å². The predicted octanol–water partition coefficient (Wildman–Crippen LogP) is 4.40. The van der Waals surface area contributed by atoms with E-state index in [4.69, 9.17) is 10.5 Å². The van der Waals surface area contributed by atoms with Crippen LogP contribution in [0.15, 0.2) is 24.3 Å². The van der Waals surface area contributed by atoms with Gasteiger partial charge >= 0.3 is 5.97 Å². The Morgan fingerprint density at radius 1 is 0.840 bits per heavy atom. The second-order valence-corrected chi connectivity index (χ2v) is 8.47. The topological polar surface area (TPSA) is 52.3 Å². The number of rotatable bonds is 4. The minimum atomic E-state index is 0.0598. The average Bonchev–Trinajstić information content (AvgIpc) is 2.68. The molecule has 3 nitrogen and oxygen atoms in total. The number of hydrogen-bond donors (Lipinski definition) is 1. The number of nitrogens with two attached hydrogens (primary N) is 1. The van der Waals surface area contributed by atoms with Gasteiger partial charge in [-0.1, -0.05) is 24.3 Å². The van der Waals surface area contributed by atoms with Crippen LogP contribution < -0.4 is 5.73 Å². The van der Waals surface area contributed by atoms with Gasteiger partial charge in [0.1, 0.15) is 6.61 Å². The summed E-state index contributed by atoms with van der Waals surface area (Å²) >= 11 is 0. The van der Waals surface area contributed by atoms with Crippen LogP contribution in [0.4, 0.5) is 0 Å². The minimum absolute atomic E-state index is 0.0598. The van der Waals surface area contributed by atoms with Gasteiger partial charge in [0.25, 0.3) is 0 Å². The van der Waals surface area contributed by atoms with Crippen LogP contribution in [0.1, 0.15) is 68.4 Å². The van der Waals surface area contributed by atoms with Gasteiger partial charge in [-0.05, 0) is 86.2 Å². The molecule has 2 N–H and O–H groups in total. The Morgan fingerprint density at radius 3 is 1.88 bits per heavy atom. The summed E-state index contributed by atoms with van der Waals surface area (Å²) in [5, 5.41) is 0. The Bertz CT molecular complexity index is 581. The molecule has 0 bridgehead atoms. The van der Waals surface area contributed by atoms with Crippen LogP contribution >= 0.6 is 0 Å². The number of ether oxygens (including phenoxy) is 1. The highest BCUT2D eigenvalue weighted by molar-refractivity contribution is 5.77. The molecule has 0 amide bonds. The Balaban J connectivity index is 1.25. The third-order valence-corrected chi connectivity index (χ3v) is 7.22. The van der Waals surface area contributed by atoms with Crippen LogP contribution in [0.25, 0.3) is 0 Å². The largest absolute Gasteiger partial charge is 0.464 e. The summed E-state index contributed by atoms with van der Waals surface area (Å²) in [7, 11) is 0. The summed E-state index contributed by atoms with van der Waals surface area (Å²) < 4.78 is 4.96. The van der Waals surface area contributed by atoms with Crippen LogP contribution in [0.2, 0.25) is 0 Å². The molecule has 1 aliphatic heterocycles. The number of carbonyl (C=O) groups is 1. The van der Waals surface area contributed by atoms with E-state index in [0.717, 1.165) is 17.8 Å². The molecule has 1 aromatic rings. The normalized spacial score (nSPS) is 35.7.